The summed E-state index contributed by atoms with van der Waals surface area (Å²) in [5.41, 5.74) is 3.55. The van der Waals surface area contributed by atoms with Gasteiger partial charge in [-0.1, -0.05) is 12.1 Å². The number of carbonyl (C=O) groups excluding carboxylic acids is 1. The Balaban J connectivity index is 1.54. The fourth-order valence-corrected chi connectivity index (χ4v) is 4.22. The number of imidazole rings is 1. The number of nitrogens with zero attached hydrogens (tertiary/aromatic N) is 3. The number of thioether (sulfide) groups is 1. The molecule has 5 nitrogen and oxygen atoms in total. The van der Waals surface area contributed by atoms with Crippen molar-refractivity contribution in [1.82, 2.24) is 19.9 Å². The Morgan fingerprint density at radius 1 is 1.23 bits per heavy atom. The maximum atomic E-state index is 13.1. The standard InChI is InChI=1S/C20H16F4N4OS/c1-19(18(29)26-11-20(22,23)24)7-14(10-30-19)16-9-25-17-6-13(8-27-28(16)17)12-2-4-15(21)5-3-12/h2-6,8-10H,7,11H2,1H3,(H,26,29). The molecule has 0 saturated carbocycles. The largest absolute Gasteiger partial charge is 0.405 e. The molecule has 3 aromatic rings. The molecule has 4 rings (SSSR count). The fraction of sp³-hybridized carbons (Fsp3) is 0.250. The van der Waals surface area contributed by atoms with Crippen LogP contribution in [0.5, 0.6) is 0 Å². The van der Waals surface area contributed by atoms with E-state index in [1.54, 1.807) is 41.4 Å². The number of alkyl halides is 3. The number of aromatic nitrogens is 3. The molecular formula is C20H16F4N4OS. The molecule has 0 fully saturated rings. The number of benzene rings is 1. The number of hydrogen-bond acceptors (Lipinski definition) is 4. The highest BCUT2D eigenvalue weighted by molar-refractivity contribution is 8.04. The Morgan fingerprint density at radius 2 is 1.97 bits per heavy atom. The number of rotatable bonds is 4. The van der Waals surface area contributed by atoms with Crippen molar-refractivity contribution < 1.29 is 22.4 Å². The summed E-state index contributed by atoms with van der Waals surface area (Å²) in [5, 5.41) is 8.12. The summed E-state index contributed by atoms with van der Waals surface area (Å²) < 4.78 is 50.9. The van der Waals surface area contributed by atoms with Gasteiger partial charge in [0.1, 0.15) is 12.4 Å². The molecule has 0 saturated heterocycles. The molecule has 1 N–H and O–H groups in total. The van der Waals surface area contributed by atoms with Gasteiger partial charge in [-0.25, -0.2) is 13.9 Å². The number of allylic oxidation sites excluding steroid dienone is 1. The molecule has 0 bridgehead atoms. The number of halogens is 4. The number of hydrogen-bond donors (Lipinski definition) is 1. The van der Waals surface area contributed by atoms with Crippen LogP contribution in [0, 0.1) is 5.82 Å². The number of carbonyl (C=O) groups is 1. The zero-order valence-electron chi connectivity index (χ0n) is 15.7. The van der Waals surface area contributed by atoms with Gasteiger partial charge in [-0.15, -0.1) is 11.8 Å². The zero-order valence-corrected chi connectivity index (χ0v) is 16.5. The van der Waals surface area contributed by atoms with Crippen LogP contribution in [0.3, 0.4) is 0 Å². The van der Waals surface area contributed by atoms with Crippen LogP contribution in [0.25, 0.3) is 22.3 Å². The molecule has 1 aliphatic rings. The van der Waals surface area contributed by atoms with E-state index in [1.165, 1.54) is 23.9 Å². The van der Waals surface area contributed by atoms with Gasteiger partial charge in [0.25, 0.3) is 0 Å². The Bertz CT molecular complexity index is 1140. The third kappa shape index (κ3) is 4.04. The maximum absolute atomic E-state index is 13.1. The number of amides is 1. The molecule has 3 heterocycles. The molecule has 0 radical (unpaired) electrons. The van der Waals surface area contributed by atoms with E-state index < -0.39 is 23.4 Å². The van der Waals surface area contributed by atoms with E-state index >= 15 is 0 Å². The normalized spacial score (nSPS) is 19.2. The summed E-state index contributed by atoms with van der Waals surface area (Å²) in [7, 11) is 0. The summed E-state index contributed by atoms with van der Waals surface area (Å²) in [6.07, 6.45) is -0.971. The molecular weight excluding hydrogens is 420 g/mol. The van der Waals surface area contributed by atoms with Gasteiger partial charge >= 0.3 is 6.18 Å². The fourth-order valence-electron chi connectivity index (χ4n) is 3.20. The van der Waals surface area contributed by atoms with Gasteiger partial charge in [0.15, 0.2) is 5.65 Å². The van der Waals surface area contributed by atoms with Crippen molar-refractivity contribution in [3.63, 3.8) is 0 Å². The minimum Gasteiger partial charge on any atom is -0.346 e. The Morgan fingerprint density at radius 3 is 2.67 bits per heavy atom. The molecule has 156 valence electrons. The lowest BCUT2D eigenvalue weighted by molar-refractivity contribution is -0.139. The van der Waals surface area contributed by atoms with Crippen molar-refractivity contribution in [3.05, 3.63) is 59.6 Å². The Kier molecular flexibility index (Phi) is 5.05. The van der Waals surface area contributed by atoms with E-state index in [0.717, 1.165) is 16.7 Å². The second-order valence-electron chi connectivity index (χ2n) is 7.13. The predicted molar refractivity (Wildman–Crippen MR) is 106 cm³/mol. The average Bonchev–Trinajstić information content (AvgIpc) is 3.30. The van der Waals surface area contributed by atoms with Gasteiger partial charge in [0.2, 0.25) is 5.91 Å². The Labute approximate surface area is 173 Å². The van der Waals surface area contributed by atoms with Gasteiger partial charge in [0.05, 0.1) is 22.8 Å². The van der Waals surface area contributed by atoms with Crippen LogP contribution in [0.1, 0.15) is 19.0 Å². The highest BCUT2D eigenvalue weighted by atomic mass is 32.2. The summed E-state index contributed by atoms with van der Waals surface area (Å²) in [6, 6.07) is 7.83. The molecule has 0 spiro atoms. The lowest BCUT2D eigenvalue weighted by Crippen LogP contribution is -2.44. The monoisotopic (exact) mass is 436 g/mol. The molecule has 1 atom stereocenters. The third-order valence-corrected chi connectivity index (χ3v) is 6.04. The summed E-state index contributed by atoms with van der Waals surface area (Å²) in [6.45, 7) is 0.247. The second kappa shape index (κ2) is 7.42. The molecule has 1 amide bonds. The van der Waals surface area contributed by atoms with Crippen LogP contribution < -0.4 is 5.32 Å². The maximum Gasteiger partial charge on any atom is 0.405 e. The van der Waals surface area contributed by atoms with Crippen LogP contribution in [-0.4, -0.2) is 38.0 Å². The van der Waals surface area contributed by atoms with E-state index in [4.69, 9.17) is 0 Å². The van der Waals surface area contributed by atoms with Gasteiger partial charge in [-0.05, 0) is 48.1 Å². The average molecular weight is 436 g/mol. The lowest BCUT2D eigenvalue weighted by atomic mass is 9.99. The topological polar surface area (TPSA) is 59.3 Å². The van der Waals surface area contributed by atoms with E-state index in [0.29, 0.717) is 11.3 Å². The van der Waals surface area contributed by atoms with Crippen molar-refractivity contribution in [3.8, 4) is 11.1 Å². The highest BCUT2D eigenvalue weighted by Crippen LogP contribution is 2.44. The molecule has 1 aromatic carbocycles. The lowest BCUT2D eigenvalue weighted by Gasteiger charge is -2.22. The van der Waals surface area contributed by atoms with Crippen molar-refractivity contribution in [2.24, 2.45) is 0 Å². The van der Waals surface area contributed by atoms with Gasteiger partial charge in [-0.2, -0.15) is 18.3 Å². The van der Waals surface area contributed by atoms with Crippen LogP contribution >= 0.6 is 11.8 Å². The summed E-state index contributed by atoms with van der Waals surface area (Å²) in [4.78, 5) is 16.6. The minimum absolute atomic E-state index is 0.247. The van der Waals surface area contributed by atoms with E-state index in [-0.39, 0.29) is 12.2 Å². The number of fused-ring (bicyclic) bond motifs is 1. The van der Waals surface area contributed by atoms with Gasteiger partial charge in [0, 0.05) is 5.56 Å². The van der Waals surface area contributed by atoms with Crippen molar-refractivity contribution in [2.45, 2.75) is 24.3 Å². The van der Waals surface area contributed by atoms with Gasteiger partial charge < -0.3 is 5.32 Å². The molecule has 0 aliphatic carbocycles. The van der Waals surface area contributed by atoms with Crippen molar-refractivity contribution in [2.75, 3.05) is 6.54 Å². The predicted octanol–water partition coefficient (Wildman–Crippen LogP) is 4.45. The first-order valence-electron chi connectivity index (χ1n) is 8.97. The third-order valence-electron chi connectivity index (χ3n) is 4.79. The summed E-state index contributed by atoms with van der Waals surface area (Å²) >= 11 is 1.17. The molecule has 10 heteroatoms. The summed E-state index contributed by atoms with van der Waals surface area (Å²) in [5.74, 6) is -1.000. The van der Waals surface area contributed by atoms with E-state index in [1.807, 2.05) is 11.4 Å². The second-order valence-corrected chi connectivity index (χ2v) is 8.50. The molecule has 30 heavy (non-hydrogen) atoms. The first-order chi connectivity index (χ1) is 14.1. The SMILES string of the molecule is CC1(C(=O)NCC(F)(F)F)CC(c2cnc3cc(-c4ccc(F)cc4)cnn23)=CS1. The van der Waals surface area contributed by atoms with Crippen LogP contribution in [0.15, 0.2) is 48.1 Å². The van der Waals surface area contributed by atoms with Crippen LogP contribution in [0.2, 0.25) is 0 Å². The molecule has 2 aromatic heterocycles. The highest BCUT2D eigenvalue weighted by Gasteiger charge is 2.40. The van der Waals surface area contributed by atoms with Crippen LogP contribution in [0.4, 0.5) is 17.6 Å². The Hall–Kier alpha value is -2.88. The minimum atomic E-state index is -4.46. The number of nitrogens with one attached hydrogen (secondary N) is 1. The van der Waals surface area contributed by atoms with Gasteiger partial charge in [-0.3, -0.25) is 4.79 Å². The van der Waals surface area contributed by atoms with Crippen LogP contribution in [-0.2, 0) is 4.79 Å². The first kappa shape index (κ1) is 20.4. The first-order valence-corrected chi connectivity index (χ1v) is 9.85. The van der Waals surface area contributed by atoms with Crippen molar-refractivity contribution in [1.29, 1.82) is 0 Å². The van der Waals surface area contributed by atoms with Crippen molar-refractivity contribution >= 4 is 28.9 Å². The van der Waals surface area contributed by atoms with E-state index in [2.05, 4.69) is 10.1 Å². The molecule has 1 unspecified atom stereocenters. The molecule has 1 aliphatic heterocycles. The van der Waals surface area contributed by atoms with E-state index in [9.17, 15) is 22.4 Å². The zero-order chi connectivity index (χ0) is 21.5. The smallest absolute Gasteiger partial charge is 0.346 e. The quantitative estimate of drug-likeness (QED) is 0.614.